The molecule has 33 heavy (non-hydrogen) atoms. The molecule has 2 aromatic carbocycles. The molecule has 1 saturated heterocycles. The minimum absolute atomic E-state index is 0.0279. The van der Waals surface area contributed by atoms with Gasteiger partial charge in [0.1, 0.15) is 23.7 Å². The Morgan fingerprint density at radius 3 is 2.48 bits per heavy atom. The molecule has 2 aliphatic heterocycles. The highest BCUT2D eigenvalue weighted by atomic mass is 16.6. The second kappa shape index (κ2) is 9.68. The molecule has 176 valence electrons. The van der Waals surface area contributed by atoms with Crippen LogP contribution in [0.1, 0.15) is 24.3 Å². The predicted molar refractivity (Wildman–Crippen MR) is 123 cm³/mol. The molecule has 2 aromatic rings. The van der Waals surface area contributed by atoms with Crippen molar-refractivity contribution in [3.05, 3.63) is 48.0 Å². The van der Waals surface area contributed by atoms with Crippen molar-refractivity contribution in [2.45, 2.75) is 37.1 Å². The van der Waals surface area contributed by atoms with Gasteiger partial charge in [0.05, 0.1) is 26.2 Å². The van der Waals surface area contributed by atoms with E-state index < -0.39 is 6.10 Å². The molecule has 0 unspecified atom stereocenters. The van der Waals surface area contributed by atoms with Crippen LogP contribution in [0.3, 0.4) is 0 Å². The molecule has 2 heterocycles. The first-order chi connectivity index (χ1) is 15.9. The number of rotatable bonds is 6. The minimum Gasteiger partial charge on any atom is -0.497 e. The van der Waals surface area contributed by atoms with Crippen LogP contribution in [0, 0.1) is 0 Å². The van der Waals surface area contributed by atoms with E-state index in [4.69, 9.17) is 14.2 Å². The normalized spacial score (nSPS) is 23.0. The van der Waals surface area contributed by atoms with Gasteiger partial charge in [0, 0.05) is 37.0 Å². The Hall–Kier alpha value is -3.30. The van der Waals surface area contributed by atoms with Crippen molar-refractivity contribution in [2.24, 2.45) is 0 Å². The van der Waals surface area contributed by atoms with Crippen molar-refractivity contribution in [2.75, 3.05) is 38.4 Å². The Balaban J connectivity index is 1.46. The highest BCUT2D eigenvalue weighted by Crippen LogP contribution is 2.47. The lowest BCUT2D eigenvalue weighted by Crippen LogP contribution is -2.47. The van der Waals surface area contributed by atoms with Gasteiger partial charge >= 0.3 is 6.03 Å². The molecule has 4 atom stereocenters. The summed E-state index contributed by atoms with van der Waals surface area (Å²) in [7, 11) is 5.00. The van der Waals surface area contributed by atoms with Crippen LogP contribution in [0.25, 0.3) is 0 Å². The van der Waals surface area contributed by atoms with E-state index in [2.05, 4.69) is 10.6 Å². The molecule has 3 N–H and O–H groups in total. The van der Waals surface area contributed by atoms with E-state index in [0.29, 0.717) is 29.3 Å². The molecule has 0 spiro atoms. The van der Waals surface area contributed by atoms with E-state index in [1.807, 2.05) is 12.1 Å². The van der Waals surface area contributed by atoms with E-state index >= 15 is 0 Å². The number of nitrogens with one attached hydrogen (secondary N) is 2. The van der Waals surface area contributed by atoms with Gasteiger partial charge in [-0.3, -0.25) is 4.79 Å². The monoisotopic (exact) mass is 455 g/mol. The van der Waals surface area contributed by atoms with Crippen molar-refractivity contribution < 1.29 is 28.9 Å². The van der Waals surface area contributed by atoms with Crippen molar-refractivity contribution in [1.82, 2.24) is 4.90 Å². The third kappa shape index (κ3) is 5.04. The third-order valence-corrected chi connectivity index (χ3v) is 6.01. The Bertz CT molecular complexity index is 1010. The lowest BCUT2D eigenvalue weighted by molar-refractivity contribution is -0.147. The first kappa shape index (κ1) is 22.9. The molecule has 0 aliphatic carbocycles. The number of aliphatic hydroxyl groups excluding tert-OH is 1. The Morgan fingerprint density at radius 1 is 1.12 bits per heavy atom. The van der Waals surface area contributed by atoms with Crippen LogP contribution in [0.5, 0.6) is 11.5 Å². The lowest BCUT2D eigenvalue weighted by Gasteiger charge is -2.37. The SMILES string of the molecule is COc1ccc(NC(=O)Nc2ccc3c(c2)[C@H]2C[C@H](CC(=O)N(C)C)O[C@H](CO)[C@H]2O3)cc1. The zero-order valence-electron chi connectivity index (χ0n) is 18.9. The summed E-state index contributed by atoms with van der Waals surface area (Å²) in [5.41, 5.74) is 2.20. The van der Waals surface area contributed by atoms with Gasteiger partial charge in [-0.05, 0) is 48.9 Å². The summed E-state index contributed by atoms with van der Waals surface area (Å²) in [6, 6.07) is 12.1. The summed E-state index contributed by atoms with van der Waals surface area (Å²) < 4.78 is 17.2. The van der Waals surface area contributed by atoms with E-state index in [9.17, 15) is 14.7 Å². The second-order valence-corrected chi connectivity index (χ2v) is 8.46. The van der Waals surface area contributed by atoms with Gasteiger partial charge in [0.15, 0.2) is 0 Å². The van der Waals surface area contributed by atoms with Gasteiger partial charge in [-0.15, -0.1) is 0 Å². The summed E-state index contributed by atoms with van der Waals surface area (Å²) in [5.74, 6) is 1.34. The number of amides is 3. The average Bonchev–Trinajstić information content (AvgIpc) is 3.17. The van der Waals surface area contributed by atoms with Crippen LogP contribution in [0.4, 0.5) is 16.2 Å². The summed E-state index contributed by atoms with van der Waals surface area (Å²) in [6.07, 6.45) is -0.340. The number of ether oxygens (including phenoxy) is 3. The van der Waals surface area contributed by atoms with Gasteiger partial charge in [0.25, 0.3) is 0 Å². The number of anilines is 2. The number of aliphatic hydroxyl groups is 1. The maximum absolute atomic E-state index is 12.5. The zero-order chi connectivity index (χ0) is 23.5. The van der Waals surface area contributed by atoms with Crippen LogP contribution in [-0.4, -0.2) is 68.1 Å². The number of urea groups is 1. The van der Waals surface area contributed by atoms with E-state index in [1.54, 1.807) is 51.5 Å². The molecule has 0 saturated carbocycles. The molecule has 9 heteroatoms. The van der Waals surface area contributed by atoms with Crippen LogP contribution in [-0.2, 0) is 9.53 Å². The summed E-state index contributed by atoms with van der Waals surface area (Å²) in [5, 5.41) is 15.5. The van der Waals surface area contributed by atoms with Crippen molar-refractivity contribution in [3.8, 4) is 11.5 Å². The fraction of sp³-hybridized carbons (Fsp3) is 0.417. The van der Waals surface area contributed by atoms with E-state index in [0.717, 1.165) is 5.56 Å². The van der Waals surface area contributed by atoms with Gasteiger partial charge in [0.2, 0.25) is 5.91 Å². The topological polar surface area (TPSA) is 109 Å². The number of hydrogen-bond acceptors (Lipinski definition) is 6. The summed E-state index contributed by atoms with van der Waals surface area (Å²) in [6.45, 7) is -0.197. The average molecular weight is 456 g/mol. The molecule has 3 amide bonds. The number of nitrogens with zero attached hydrogens (tertiary/aromatic N) is 1. The van der Waals surface area contributed by atoms with Crippen LogP contribution in [0.2, 0.25) is 0 Å². The molecule has 0 aromatic heterocycles. The first-order valence-corrected chi connectivity index (χ1v) is 10.9. The van der Waals surface area contributed by atoms with Crippen molar-refractivity contribution >= 4 is 23.3 Å². The van der Waals surface area contributed by atoms with Crippen LogP contribution < -0.4 is 20.1 Å². The standard InChI is InChI=1S/C24H29N3O6/c1-27(2)22(29)12-17-11-19-18-10-15(6-9-20(18)33-23(19)21(13-28)32-17)26-24(30)25-14-4-7-16(31-3)8-5-14/h4-10,17,19,21,23,28H,11-13H2,1-3H3,(H2,25,26,30)/t17-,19-,21-,23+/m1/s1. The highest BCUT2D eigenvalue weighted by molar-refractivity contribution is 5.99. The molecule has 0 bridgehead atoms. The third-order valence-electron chi connectivity index (χ3n) is 6.01. The van der Waals surface area contributed by atoms with Gasteiger partial charge < -0.3 is 34.9 Å². The molecule has 0 radical (unpaired) electrons. The molecular weight excluding hydrogens is 426 g/mol. The predicted octanol–water partition coefficient (Wildman–Crippen LogP) is 2.81. The summed E-state index contributed by atoms with van der Waals surface area (Å²) >= 11 is 0. The van der Waals surface area contributed by atoms with Crippen LogP contribution in [0.15, 0.2) is 42.5 Å². The Morgan fingerprint density at radius 2 is 1.82 bits per heavy atom. The second-order valence-electron chi connectivity index (χ2n) is 8.46. The van der Waals surface area contributed by atoms with Crippen molar-refractivity contribution in [3.63, 3.8) is 0 Å². The van der Waals surface area contributed by atoms with Gasteiger partial charge in [-0.1, -0.05) is 0 Å². The summed E-state index contributed by atoms with van der Waals surface area (Å²) in [4.78, 5) is 26.2. The zero-order valence-corrected chi connectivity index (χ0v) is 18.9. The number of benzene rings is 2. The number of carbonyl (C=O) groups excluding carboxylic acids is 2. The van der Waals surface area contributed by atoms with Gasteiger partial charge in [-0.25, -0.2) is 4.79 Å². The number of hydrogen-bond donors (Lipinski definition) is 3. The Kier molecular flexibility index (Phi) is 6.71. The fourth-order valence-electron chi connectivity index (χ4n) is 4.31. The molecule has 4 rings (SSSR count). The maximum atomic E-state index is 12.5. The van der Waals surface area contributed by atoms with Crippen LogP contribution >= 0.6 is 0 Å². The van der Waals surface area contributed by atoms with E-state index in [-0.39, 0.29) is 43.1 Å². The number of fused-ring (bicyclic) bond motifs is 3. The fourth-order valence-corrected chi connectivity index (χ4v) is 4.31. The molecule has 1 fully saturated rings. The first-order valence-electron chi connectivity index (χ1n) is 10.9. The van der Waals surface area contributed by atoms with E-state index in [1.165, 1.54) is 4.90 Å². The largest absolute Gasteiger partial charge is 0.497 e. The molecular formula is C24H29N3O6. The Labute approximate surface area is 192 Å². The minimum atomic E-state index is -0.522. The quantitative estimate of drug-likeness (QED) is 0.618. The molecule has 9 nitrogen and oxygen atoms in total. The molecule has 2 aliphatic rings. The maximum Gasteiger partial charge on any atom is 0.323 e. The number of methoxy groups -OCH3 is 1. The van der Waals surface area contributed by atoms with Gasteiger partial charge in [-0.2, -0.15) is 0 Å². The highest BCUT2D eigenvalue weighted by Gasteiger charge is 2.46. The van der Waals surface area contributed by atoms with Crippen molar-refractivity contribution in [1.29, 1.82) is 0 Å². The number of carbonyl (C=O) groups is 2. The smallest absolute Gasteiger partial charge is 0.323 e. The lowest BCUT2D eigenvalue weighted by atomic mass is 9.84.